The van der Waals surface area contributed by atoms with E-state index in [-0.39, 0.29) is 54.0 Å². The second-order valence-electron chi connectivity index (χ2n) is 9.47. The lowest BCUT2D eigenvalue weighted by Gasteiger charge is -2.33. The molecule has 1 fully saturated rings. The van der Waals surface area contributed by atoms with Gasteiger partial charge in [-0.2, -0.15) is 0 Å². The van der Waals surface area contributed by atoms with Gasteiger partial charge in [-0.3, -0.25) is 14.2 Å². The number of halogens is 3. The fraction of sp³-hybridized carbons (Fsp3) is 0.417. The van der Waals surface area contributed by atoms with E-state index >= 15 is 0 Å². The number of fused-ring (bicyclic) bond motifs is 1. The number of rotatable bonds is 6. The van der Waals surface area contributed by atoms with E-state index in [9.17, 15) is 26.8 Å². The highest BCUT2D eigenvalue weighted by Gasteiger charge is 2.35. The number of hydrogen-bond donors (Lipinski definition) is 2. The fourth-order valence-electron chi connectivity index (χ4n) is 4.44. The van der Waals surface area contributed by atoms with Gasteiger partial charge in [0.25, 0.3) is 17.4 Å². The van der Waals surface area contributed by atoms with E-state index in [0.29, 0.717) is 16.5 Å². The molecule has 0 spiro atoms. The number of aryl methyl sites for hydroxylation is 1. The van der Waals surface area contributed by atoms with Crippen molar-refractivity contribution in [3.05, 3.63) is 56.6 Å². The van der Waals surface area contributed by atoms with Crippen LogP contribution in [-0.2, 0) is 17.1 Å². The molecule has 1 aromatic carbocycles. The zero-order valence-corrected chi connectivity index (χ0v) is 22.8. The number of sulfonamides is 1. The molecule has 2 aromatic heterocycles. The van der Waals surface area contributed by atoms with Crippen LogP contribution in [0.3, 0.4) is 0 Å². The maximum Gasteiger partial charge on any atom is 0.285 e. The highest BCUT2D eigenvalue weighted by atomic mass is 35.5. The average molecular weight is 569 g/mol. The zero-order valence-electron chi connectivity index (χ0n) is 21.2. The third kappa shape index (κ3) is 5.88. The summed E-state index contributed by atoms with van der Waals surface area (Å²) in [6.07, 6.45) is 0.181. The molecule has 1 aliphatic rings. The van der Waals surface area contributed by atoms with Gasteiger partial charge >= 0.3 is 0 Å². The molecule has 1 amide bonds. The molecule has 0 unspecified atom stereocenters. The van der Waals surface area contributed by atoms with Crippen LogP contribution in [0.4, 0.5) is 20.4 Å². The molecular weight excluding hydrogens is 542 g/mol. The summed E-state index contributed by atoms with van der Waals surface area (Å²) in [7, 11) is -2.29. The van der Waals surface area contributed by atoms with Crippen molar-refractivity contribution in [1.29, 1.82) is 0 Å². The molecule has 1 atom stereocenters. The van der Waals surface area contributed by atoms with Crippen LogP contribution in [0.2, 0.25) is 5.15 Å². The number of carbonyl (C=O) groups is 1. The molecule has 204 valence electrons. The molecule has 0 bridgehead atoms. The number of amides is 1. The highest BCUT2D eigenvalue weighted by Crippen LogP contribution is 2.32. The molecule has 0 saturated carbocycles. The number of hydrogen-bond acceptors (Lipinski definition) is 8. The molecular formula is C24H27ClF2N6O4S. The molecule has 3 aromatic rings. The second kappa shape index (κ2) is 10.1. The van der Waals surface area contributed by atoms with E-state index in [4.69, 9.17) is 16.6 Å². The summed E-state index contributed by atoms with van der Waals surface area (Å²) in [5.41, 5.74) is 1.45. The minimum absolute atomic E-state index is 0.00947. The molecule has 14 heteroatoms. The van der Waals surface area contributed by atoms with Crippen molar-refractivity contribution in [2.45, 2.75) is 38.7 Å². The van der Waals surface area contributed by atoms with Crippen molar-refractivity contribution in [2.24, 2.45) is 7.05 Å². The first kappa shape index (κ1) is 27.7. The van der Waals surface area contributed by atoms with Crippen LogP contribution in [0.25, 0.3) is 10.9 Å². The predicted octanol–water partition coefficient (Wildman–Crippen LogP) is 3.39. The Bertz CT molecular complexity index is 1590. The summed E-state index contributed by atoms with van der Waals surface area (Å²) in [4.78, 5) is 36.3. The first-order valence-electron chi connectivity index (χ1n) is 11.7. The van der Waals surface area contributed by atoms with E-state index < -0.39 is 27.9 Å². The van der Waals surface area contributed by atoms with Gasteiger partial charge in [0.05, 0.1) is 28.9 Å². The van der Waals surface area contributed by atoms with Crippen molar-refractivity contribution in [3.63, 3.8) is 0 Å². The average Bonchev–Trinajstić information content (AvgIpc) is 2.81. The third-order valence-electron chi connectivity index (χ3n) is 6.30. The Kier molecular flexibility index (Phi) is 7.36. The van der Waals surface area contributed by atoms with Crippen LogP contribution in [0.15, 0.2) is 29.1 Å². The number of carbonyl (C=O) groups excluding carboxylic acids is 1. The number of nitrogens with one attached hydrogen (secondary N) is 2. The Morgan fingerprint density at radius 1 is 1.18 bits per heavy atom. The van der Waals surface area contributed by atoms with Crippen LogP contribution in [-0.4, -0.2) is 54.1 Å². The van der Waals surface area contributed by atoms with Crippen molar-refractivity contribution in [2.75, 3.05) is 29.6 Å². The van der Waals surface area contributed by atoms with Gasteiger partial charge in [0.1, 0.15) is 5.15 Å². The maximum absolute atomic E-state index is 13.8. The van der Waals surface area contributed by atoms with Gasteiger partial charge in [-0.15, -0.1) is 0 Å². The van der Waals surface area contributed by atoms with Gasteiger partial charge in [0, 0.05) is 38.5 Å². The first-order chi connectivity index (χ1) is 17.6. The SMILES string of the molecule is Cc1cc([C@@H](C)Nc2ccc(Cl)nc2C(=O)NS(C)(=O)=O)c2nc(N3CCC(F)(F)CC3)n(C)c(=O)c2c1. The normalized spacial score (nSPS) is 16.3. The number of nitrogens with zero attached hydrogens (tertiary/aromatic N) is 4. The van der Waals surface area contributed by atoms with Crippen LogP contribution in [0.5, 0.6) is 0 Å². The van der Waals surface area contributed by atoms with Gasteiger partial charge in [0.2, 0.25) is 16.0 Å². The van der Waals surface area contributed by atoms with Gasteiger partial charge in [-0.05, 0) is 37.6 Å². The van der Waals surface area contributed by atoms with Gasteiger partial charge in [0.15, 0.2) is 5.69 Å². The molecule has 4 rings (SSSR count). The minimum Gasteiger partial charge on any atom is -0.377 e. The summed E-state index contributed by atoms with van der Waals surface area (Å²) in [5.74, 6) is -3.42. The van der Waals surface area contributed by atoms with E-state index in [1.165, 1.54) is 16.7 Å². The largest absolute Gasteiger partial charge is 0.377 e. The van der Waals surface area contributed by atoms with Crippen molar-refractivity contribution < 1.29 is 22.0 Å². The van der Waals surface area contributed by atoms with E-state index in [2.05, 4.69) is 10.3 Å². The fourth-order valence-corrected chi connectivity index (χ4v) is 5.02. The summed E-state index contributed by atoms with van der Waals surface area (Å²) in [5, 5.41) is 3.49. The molecule has 10 nitrogen and oxygen atoms in total. The number of anilines is 2. The zero-order chi connectivity index (χ0) is 28.0. The summed E-state index contributed by atoms with van der Waals surface area (Å²) in [6.45, 7) is 3.72. The van der Waals surface area contributed by atoms with Crippen molar-refractivity contribution >= 4 is 50.1 Å². The van der Waals surface area contributed by atoms with Gasteiger partial charge in [-0.1, -0.05) is 17.7 Å². The number of benzene rings is 1. The van der Waals surface area contributed by atoms with E-state index in [1.807, 2.05) is 17.7 Å². The van der Waals surface area contributed by atoms with Gasteiger partial charge in [-0.25, -0.2) is 31.9 Å². The Balaban J connectivity index is 1.77. The van der Waals surface area contributed by atoms with Crippen LogP contribution < -0.4 is 20.5 Å². The molecule has 3 heterocycles. The minimum atomic E-state index is -3.86. The van der Waals surface area contributed by atoms with E-state index in [1.54, 1.807) is 24.9 Å². The van der Waals surface area contributed by atoms with Crippen LogP contribution in [0, 0.1) is 6.92 Å². The maximum atomic E-state index is 13.8. The summed E-state index contributed by atoms with van der Waals surface area (Å²) in [6, 6.07) is 5.94. The Hall–Kier alpha value is -3.32. The van der Waals surface area contributed by atoms with Crippen molar-refractivity contribution in [1.82, 2.24) is 19.3 Å². The Morgan fingerprint density at radius 3 is 2.47 bits per heavy atom. The molecule has 0 radical (unpaired) electrons. The molecule has 1 saturated heterocycles. The monoisotopic (exact) mass is 568 g/mol. The topological polar surface area (TPSA) is 126 Å². The quantitative estimate of drug-likeness (QED) is 0.433. The standard InChI is InChI=1S/C24H27ClF2N6O4S/c1-13-11-15(14(2)28-17-5-6-18(25)29-20(17)21(34)31-38(4,36)37)19-16(12-13)22(35)32(3)23(30-19)33-9-7-24(26,27)8-10-33/h5-6,11-12,14,28H,7-10H2,1-4H3,(H,31,34)/t14-/m1/s1. The lowest BCUT2D eigenvalue weighted by molar-refractivity contribution is -0.0223. The number of piperidine rings is 1. The molecule has 38 heavy (non-hydrogen) atoms. The molecule has 1 aliphatic heterocycles. The van der Waals surface area contributed by atoms with Crippen molar-refractivity contribution in [3.8, 4) is 0 Å². The number of alkyl halides is 2. The first-order valence-corrected chi connectivity index (χ1v) is 14.0. The number of aromatic nitrogens is 3. The smallest absolute Gasteiger partial charge is 0.285 e. The van der Waals surface area contributed by atoms with E-state index in [0.717, 1.165) is 11.8 Å². The highest BCUT2D eigenvalue weighted by molar-refractivity contribution is 7.89. The van der Waals surface area contributed by atoms with Crippen LogP contribution >= 0.6 is 11.6 Å². The van der Waals surface area contributed by atoms with Gasteiger partial charge < -0.3 is 10.2 Å². The summed E-state index contributed by atoms with van der Waals surface area (Å²) < 4.78 is 53.9. The lowest BCUT2D eigenvalue weighted by atomic mass is 10.0. The summed E-state index contributed by atoms with van der Waals surface area (Å²) >= 11 is 5.96. The number of pyridine rings is 1. The molecule has 0 aliphatic carbocycles. The Morgan fingerprint density at radius 2 is 1.84 bits per heavy atom. The predicted molar refractivity (Wildman–Crippen MR) is 142 cm³/mol. The molecule has 2 N–H and O–H groups in total. The Labute approximate surface area is 223 Å². The lowest BCUT2D eigenvalue weighted by Crippen LogP contribution is -2.42. The third-order valence-corrected chi connectivity index (χ3v) is 7.07. The van der Waals surface area contributed by atoms with Crippen LogP contribution in [0.1, 0.15) is 47.4 Å². The second-order valence-corrected chi connectivity index (χ2v) is 11.6.